The summed E-state index contributed by atoms with van der Waals surface area (Å²) in [4.78, 5) is 27.7. The van der Waals surface area contributed by atoms with Gasteiger partial charge in [0, 0.05) is 24.2 Å². The first-order valence-corrected chi connectivity index (χ1v) is 10.3. The quantitative estimate of drug-likeness (QED) is 0.524. The van der Waals surface area contributed by atoms with Gasteiger partial charge in [0.1, 0.15) is 17.3 Å². The van der Waals surface area contributed by atoms with E-state index < -0.39 is 23.8 Å². The zero-order valence-electron chi connectivity index (χ0n) is 16.7. The van der Waals surface area contributed by atoms with Crippen molar-refractivity contribution in [1.82, 2.24) is 10.3 Å². The third-order valence-corrected chi connectivity index (χ3v) is 5.23. The second-order valence-corrected chi connectivity index (χ2v) is 7.49. The normalized spacial score (nSPS) is 12.8. The first kappa shape index (κ1) is 21.4. The van der Waals surface area contributed by atoms with Crippen LogP contribution in [0.4, 0.5) is 4.39 Å². The van der Waals surface area contributed by atoms with Crippen LogP contribution in [0, 0.1) is 5.82 Å². The van der Waals surface area contributed by atoms with Gasteiger partial charge in [0.2, 0.25) is 12.7 Å². The van der Waals surface area contributed by atoms with E-state index in [9.17, 15) is 14.0 Å². The number of fused-ring (bicyclic) bond motifs is 1. The molecule has 2 N–H and O–H groups in total. The Labute approximate surface area is 185 Å². The average molecular weight is 460 g/mol. The predicted octanol–water partition coefficient (Wildman–Crippen LogP) is 3.59. The summed E-state index contributed by atoms with van der Waals surface area (Å²) in [7, 11) is 0. The summed E-state index contributed by atoms with van der Waals surface area (Å²) in [6.07, 6.45) is -1.12. The molecule has 11 heteroatoms. The van der Waals surface area contributed by atoms with Crippen molar-refractivity contribution in [2.75, 3.05) is 6.79 Å². The Hall–Kier alpha value is -3.86. The van der Waals surface area contributed by atoms with Crippen molar-refractivity contribution in [3.05, 3.63) is 58.2 Å². The summed E-state index contributed by atoms with van der Waals surface area (Å²) in [6.45, 7) is 1.37. The zero-order valence-corrected chi connectivity index (χ0v) is 17.5. The van der Waals surface area contributed by atoms with Crippen LogP contribution in [0.15, 0.2) is 41.9 Å². The van der Waals surface area contributed by atoms with Crippen LogP contribution < -0.4 is 24.3 Å². The maximum absolute atomic E-state index is 14.3. The maximum Gasteiger partial charge on any atom is 0.344 e. The van der Waals surface area contributed by atoms with Crippen LogP contribution >= 0.6 is 11.3 Å². The summed E-state index contributed by atoms with van der Waals surface area (Å²) >= 11 is 1.08. The molecule has 2 aromatic carbocycles. The number of hydrogen-bond acceptors (Lipinski definition) is 8. The van der Waals surface area contributed by atoms with Gasteiger partial charge in [-0.3, -0.25) is 4.79 Å². The van der Waals surface area contributed by atoms with E-state index in [0.29, 0.717) is 17.2 Å². The molecule has 1 aliphatic heterocycles. The number of rotatable bonds is 8. The highest BCUT2D eigenvalue weighted by Gasteiger charge is 2.20. The number of carboxylic acids is 1. The summed E-state index contributed by atoms with van der Waals surface area (Å²) in [6, 6.07) is 8.91. The van der Waals surface area contributed by atoms with Gasteiger partial charge < -0.3 is 29.4 Å². The first-order chi connectivity index (χ1) is 15.4. The molecule has 166 valence electrons. The van der Waals surface area contributed by atoms with E-state index in [-0.39, 0.29) is 35.4 Å². The number of carboxylic acid groups (broad SMARTS) is 1. The summed E-state index contributed by atoms with van der Waals surface area (Å²) < 4.78 is 35.7. The minimum absolute atomic E-state index is 0.0781. The van der Waals surface area contributed by atoms with Crippen molar-refractivity contribution in [2.24, 2.45) is 0 Å². The Balaban J connectivity index is 1.39. The molecule has 0 fully saturated rings. The van der Waals surface area contributed by atoms with E-state index >= 15 is 0 Å². The largest absolute Gasteiger partial charge is 0.479 e. The van der Waals surface area contributed by atoms with Gasteiger partial charge in [-0.1, -0.05) is 6.07 Å². The first-order valence-electron chi connectivity index (χ1n) is 9.38. The third kappa shape index (κ3) is 4.72. The monoisotopic (exact) mass is 460 g/mol. The van der Waals surface area contributed by atoms with E-state index in [1.807, 2.05) is 0 Å². The molecule has 0 spiro atoms. The van der Waals surface area contributed by atoms with Crippen LogP contribution in [0.1, 0.15) is 22.2 Å². The highest BCUT2D eigenvalue weighted by Crippen LogP contribution is 2.37. The van der Waals surface area contributed by atoms with Crippen molar-refractivity contribution in [3.8, 4) is 28.9 Å². The Kier molecular flexibility index (Phi) is 6.08. The fourth-order valence-electron chi connectivity index (χ4n) is 2.77. The number of ether oxygens (including phenoxy) is 4. The molecule has 32 heavy (non-hydrogen) atoms. The molecule has 0 aliphatic carbocycles. The molecule has 1 unspecified atom stereocenters. The number of amides is 1. The number of hydrogen-bond donors (Lipinski definition) is 2. The Morgan fingerprint density at radius 2 is 2.00 bits per heavy atom. The van der Waals surface area contributed by atoms with Crippen LogP contribution in [-0.2, 0) is 11.3 Å². The molecule has 1 atom stereocenters. The van der Waals surface area contributed by atoms with E-state index in [1.54, 1.807) is 18.2 Å². The number of benzene rings is 2. The lowest BCUT2D eigenvalue weighted by atomic mass is 10.2. The summed E-state index contributed by atoms with van der Waals surface area (Å²) in [5, 5.41) is 11.5. The van der Waals surface area contributed by atoms with E-state index in [2.05, 4.69) is 10.3 Å². The molecular weight excluding hydrogens is 443 g/mol. The number of aliphatic carboxylic acids is 1. The predicted molar refractivity (Wildman–Crippen MR) is 110 cm³/mol. The molecule has 9 nitrogen and oxygen atoms in total. The minimum atomic E-state index is -1.16. The van der Waals surface area contributed by atoms with Crippen molar-refractivity contribution >= 4 is 23.2 Å². The fourth-order valence-corrected chi connectivity index (χ4v) is 3.39. The lowest BCUT2D eigenvalue weighted by Gasteiger charge is -2.12. The second-order valence-electron chi connectivity index (χ2n) is 6.64. The van der Waals surface area contributed by atoms with E-state index in [0.717, 1.165) is 17.4 Å². The summed E-state index contributed by atoms with van der Waals surface area (Å²) in [5.41, 5.74) is 1.67. The summed E-state index contributed by atoms with van der Waals surface area (Å²) in [5.74, 6) is -0.540. The average Bonchev–Trinajstić information content (AvgIpc) is 3.42. The maximum atomic E-state index is 14.3. The van der Waals surface area contributed by atoms with Crippen LogP contribution in [0.5, 0.6) is 28.9 Å². The minimum Gasteiger partial charge on any atom is -0.479 e. The second kappa shape index (κ2) is 9.10. The molecule has 2 heterocycles. The number of nitrogens with one attached hydrogen (secondary N) is 1. The Morgan fingerprint density at radius 3 is 2.78 bits per heavy atom. The number of thiazole rings is 1. The smallest absolute Gasteiger partial charge is 0.344 e. The molecular formula is C21H17FN2O7S. The standard InChI is InChI=1S/C21H17FN2O7S/c1-11(21(26)27)30-13-3-2-12(15(22)6-13)8-23-19(25)18-20(24-9-32-18)31-14-4-5-16-17(7-14)29-10-28-16/h2-7,9,11H,8,10H2,1H3,(H,23,25)(H,26,27). The van der Waals surface area contributed by atoms with Crippen LogP contribution in [0.2, 0.25) is 0 Å². The number of aromatic nitrogens is 1. The fraction of sp³-hybridized carbons (Fsp3) is 0.190. The number of carbonyl (C=O) groups is 2. The molecule has 0 bridgehead atoms. The lowest BCUT2D eigenvalue weighted by molar-refractivity contribution is -0.144. The van der Waals surface area contributed by atoms with Gasteiger partial charge in [-0.25, -0.2) is 14.2 Å². The van der Waals surface area contributed by atoms with Crippen LogP contribution in [0.25, 0.3) is 0 Å². The molecule has 1 amide bonds. The molecule has 0 saturated heterocycles. The van der Waals surface area contributed by atoms with E-state index in [4.69, 9.17) is 24.1 Å². The molecule has 3 aromatic rings. The third-order valence-electron chi connectivity index (χ3n) is 4.42. The van der Waals surface area contributed by atoms with Crippen molar-refractivity contribution in [1.29, 1.82) is 0 Å². The van der Waals surface area contributed by atoms with Crippen LogP contribution in [-0.4, -0.2) is 34.9 Å². The topological polar surface area (TPSA) is 116 Å². The van der Waals surface area contributed by atoms with Gasteiger partial charge in [0.05, 0.1) is 5.51 Å². The molecule has 0 radical (unpaired) electrons. The molecule has 1 aliphatic rings. The SMILES string of the molecule is CC(Oc1ccc(CNC(=O)c2scnc2Oc2ccc3c(c2)OCO3)c(F)c1)C(=O)O. The van der Waals surface area contributed by atoms with Gasteiger partial charge >= 0.3 is 5.97 Å². The Morgan fingerprint density at radius 1 is 1.22 bits per heavy atom. The Bertz CT molecular complexity index is 1170. The van der Waals surface area contributed by atoms with Crippen molar-refractivity contribution < 1.29 is 38.0 Å². The van der Waals surface area contributed by atoms with Gasteiger partial charge in [0.15, 0.2) is 22.5 Å². The van der Waals surface area contributed by atoms with Gasteiger partial charge in [-0.15, -0.1) is 11.3 Å². The molecule has 0 saturated carbocycles. The molecule has 4 rings (SSSR count). The number of carbonyl (C=O) groups excluding carboxylic acids is 1. The van der Waals surface area contributed by atoms with Gasteiger partial charge in [0.25, 0.3) is 5.91 Å². The number of nitrogens with zero attached hydrogens (tertiary/aromatic N) is 1. The van der Waals surface area contributed by atoms with Crippen LogP contribution in [0.3, 0.4) is 0 Å². The van der Waals surface area contributed by atoms with Gasteiger partial charge in [-0.2, -0.15) is 0 Å². The van der Waals surface area contributed by atoms with E-state index in [1.165, 1.54) is 24.6 Å². The molecule has 1 aromatic heterocycles. The highest BCUT2D eigenvalue weighted by atomic mass is 32.1. The van der Waals surface area contributed by atoms with Crippen molar-refractivity contribution in [2.45, 2.75) is 19.6 Å². The van der Waals surface area contributed by atoms with Crippen molar-refractivity contribution in [3.63, 3.8) is 0 Å². The highest BCUT2D eigenvalue weighted by molar-refractivity contribution is 7.12. The number of halogens is 1. The zero-order chi connectivity index (χ0) is 22.7. The van der Waals surface area contributed by atoms with Gasteiger partial charge in [-0.05, 0) is 25.1 Å². The lowest BCUT2D eigenvalue weighted by Crippen LogP contribution is -2.24.